The van der Waals surface area contributed by atoms with Gasteiger partial charge in [-0.3, -0.25) is 14.6 Å². The van der Waals surface area contributed by atoms with E-state index in [1.165, 1.54) is 0 Å². The molecule has 0 fully saturated rings. The highest BCUT2D eigenvalue weighted by Gasteiger charge is 2.10. The van der Waals surface area contributed by atoms with E-state index >= 15 is 0 Å². The van der Waals surface area contributed by atoms with E-state index in [2.05, 4.69) is 4.98 Å². The van der Waals surface area contributed by atoms with Crippen LogP contribution in [0.5, 0.6) is 11.6 Å². The van der Waals surface area contributed by atoms with Gasteiger partial charge in [-0.05, 0) is 23.3 Å². The van der Waals surface area contributed by atoms with Crippen molar-refractivity contribution in [1.82, 2.24) is 9.88 Å². The number of ether oxygens (including phenoxy) is 1. The number of hydrogen-bond donors (Lipinski definition) is 2. The van der Waals surface area contributed by atoms with E-state index in [0.29, 0.717) is 36.6 Å². The molecule has 0 unspecified atom stereocenters. The Kier molecular flexibility index (Phi) is 6.49. The molecule has 28 heavy (non-hydrogen) atoms. The van der Waals surface area contributed by atoms with E-state index in [-0.39, 0.29) is 16.7 Å². The van der Waals surface area contributed by atoms with Crippen LogP contribution in [0.15, 0.2) is 59.4 Å². The topological polar surface area (TPSA) is 82.6 Å². The third-order valence-electron chi connectivity index (χ3n) is 4.31. The molecule has 0 atom stereocenters. The van der Waals surface area contributed by atoms with Gasteiger partial charge in [-0.25, -0.2) is 0 Å². The number of aromatic nitrogens is 1. The number of amides is 1. The second-order valence-corrected chi connectivity index (χ2v) is 7.50. The van der Waals surface area contributed by atoms with Gasteiger partial charge >= 0.3 is 4.87 Å². The zero-order chi connectivity index (χ0) is 19.9. The van der Waals surface area contributed by atoms with Crippen molar-refractivity contribution in [2.45, 2.75) is 12.8 Å². The highest BCUT2D eigenvalue weighted by Crippen LogP contribution is 2.21. The summed E-state index contributed by atoms with van der Waals surface area (Å²) in [6.45, 7) is 0.898. The maximum absolute atomic E-state index is 12.2. The minimum atomic E-state index is -0.265. The molecule has 1 aromatic heterocycles. The molecule has 0 aliphatic rings. The van der Waals surface area contributed by atoms with Gasteiger partial charge < -0.3 is 14.7 Å². The molecule has 1 heterocycles. The average Bonchev–Trinajstić information content (AvgIpc) is 3.00. The summed E-state index contributed by atoms with van der Waals surface area (Å²) in [5.74, 6) is 0.688. The Morgan fingerprint density at radius 3 is 2.46 bits per heavy atom. The molecular weight excluding hydrogens is 376 g/mol. The molecule has 0 bridgehead atoms. The first kappa shape index (κ1) is 19.7. The van der Waals surface area contributed by atoms with Crippen LogP contribution >= 0.6 is 11.3 Å². The standard InChI is InChI=1S/C21H22N2O4S/c1-23(19(24)14-15-5-3-2-4-6-15)11-12-27-17-9-7-16(8-10-17)13-18-20(25)22-21(26)28-18/h2-10,25H,11-14H2,1H3,(H,22,26). The van der Waals surface area contributed by atoms with Crippen molar-refractivity contribution in [3.8, 4) is 11.6 Å². The molecule has 3 aromatic rings. The average molecular weight is 398 g/mol. The molecule has 0 aliphatic carbocycles. The van der Waals surface area contributed by atoms with Gasteiger partial charge in [-0.1, -0.05) is 53.8 Å². The van der Waals surface area contributed by atoms with E-state index in [4.69, 9.17) is 4.74 Å². The molecule has 7 heteroatoms. The fourth-order valence-electron chi connectivity index (χ4n) is 2.69. The van der Waals surface area contributed by atoms with Gasteiger partial charge in [0.05, 0.1) is 17.8 Å². The van der Waals surface area contributed by atoms with Gasteiger partial charge in [-0.15, -0.1) is 0 Å². The Hall–Kier alpha value is -3.06. The number of likely N-dealkylation sites (N-methyl/N-ethyl adjacent to an activating group) is 1. The van der Waals surface area contributed by atoms with Crippen molar-refractivity contribution in [1.29, 1.82) is 0 Å². The van der Waals surface area contributed by atoms with Crippen LogP contribution in [0.25, 0.3) is 0 Å². The van der Waals surface area contributed by atoms with Crippen LogP contribution in [0, 0.1) is 0 Å². The summed E-state index contributed by atoms with van der Waals surface area (Å²) < 4.78 is 5.71. The monoisotopic (exact) mass is 398 g/mol. The summed E-state index contributed by atoms with van der Waals surface area (Å²) in [7, 11) is 1.77. The summed E-state index contributed by atoms with van der Waals surface area (Å²) in [4.78, 5) is 27.8. The van der Waals surface area contributed by atoms with Crippen LogP contribution in [0.1, 0.15) is 16.0 Å². The highest BCUT2D eigenvalue weighted by molar-refractivity contribution is 7.09. The van der Waals surface area contributed by atoms with Crippen LogP contribution in [-0.4, -0.2) is 41.1 Å². The lowest BCUT2D eigenvalue weighted by Gasteiger charge is -2.17. The fraction of sp³-hybridized carbons (Fsp3) is 0.238. The van der Waals surface area contributed by atoms with Crippen LogP contribution < -0.4 is 9.61 Å². The van der Waals surface area contributed by atoms with Gasteiger partial charge in [-0.2, -0.15) is 0 Å². The number of nitrogens with zero attached hydrogens (tertiary/aromatic N) is 1. The molecule has 0 aliphatic heterocycles. The van der Waals surface area contributed by atoms with E-state index in [1.807, 2.05) is 54.6 Å². The second kappa shape index (κ2) is 9.23. The number of hydrogen-bond acceptors (Lipinski definition) is 5. The second-order valence-electron chi connectivity index (χ2n) is 6.43. The summed E-state index contributed by atoms with van der Waals surface area (Å²) in [5, 5.41) is 9.65. The molecular formula is C21H22N2O4S. The van der Waals surface area contributed by atoms with Crippen molar-refractivity contribution in [3.63, 3.8) is 0 Å². The first-order valence-electron chi connectivity index (χ1n) is 8.92. The molecule has 1 amide bonds. The van der Waals surface area contributed by atoms with Gasteiger partial charge in [0.2, 0.25) is 11.8 Å². The minimum Gasteiger partial charge on any atom is -0.494 e. The Morgan fingerprint density at radius 2 is 1.82 bits per heavy atom. The van der Waals surface area contributed by atoms with Crippen molar-refractivity contribution in [3.05, 3.63) is 80.3 Å². The van der Waals surface area contributed by atoms with Crippen LogP contribution in [0.4, 0.5) is 0 Å². The van der Waals surface area contributed by atoms with E-state index in [9.17, 15) is 14.7 Å². The number of aromatic amines is 1. The first-order valence-corrected chi connectivity index (χ1v) is 9.73. The smallest absolute Gasteiger partial charge is 0.307 e. The molecule has 2 N–H and O–H groups in total. The van der Waals surface area contributed by atoms with Crippen LogP contribution in [-0.2, 0) is 17.6 Å². The molecule has 0 spiro atoms. The lowest BCUT2D eigenvalue weighted by Crippen LogP contribution is -2.32. The van der Waals surface area contributed by atoms with Gasteiger partial charge in [0.1, 0.15) is 12.4 Å². The normalized spacial score (nSPS) is 10.6. The zero-order valence-electron chi connectivity index (χ0n) is 15.6. The molecule has 3 rings (SSSR count). The first-order chi connectivity index (χ1) is 13.5. The predicted molar refractivity (Wildman–Crippen MR) is 109 cm³/mol. The SMILES string of the molecule is CN(CCOc1ccc(Cc2sc(=O)[nH]c2O)cc1)C(=O)Cc1ccccc1. The van der Waals surface area contributed by atoms with E-state index < -0.39 is 0 Å². The van der Waals surface area contributed by atoms with Crippen molar-refractivity contribution < 1.29 is 14.6 Å². The van der Waals surface area contributed by atoms with Crippen LogP contribution in [0.3, 0.4) is 0 Å². The number of aromatic hydroxyl groups is 1. The number of nitrogens with one attached hydrogen (secondary N) is 1. The minimum absolute atomic E-state index is 0.0513. The van der Waals surface area contributed by atoms with Crippen molar-refractivity contribution in [2.75, 3.05) is 20.2 Å². The number of carbonyl (C=O) groups is 1. The Balaban J connectivity index is 1.45. The third kappa shape index (κ3) is 5.47. The van der Waals surface area contributed by atoms with Crippen molar-refractivity contribution >= 4 is 17.2 Å². The number of rotatable bonds is 8. The Bertz CT molecular complexity index is 964. The third-order valence-corrected chi connectivity index (χ3v) is 5.18. The quantitative estimate of drug-likeness (QED) is 0.611. The summed E-state index contributed by atoms with van der Waals surface area (Å²) in [6.07, 6.45) is 0.857. The number of benzene rings is 2. The molecule has 0 saturated heterocycles. The van der Waals surface area contributed by atoms with Gasteiger partial charge in [0, 0.05) is 13.5 Å². The molecule has 146 valence electrons. The summed E-state index contributed by atoms with van der Waals surface area (Å²) in [5.41, 5.74) is 1.96. The van der Waals surface area contributed by atoms with Gasteiger partial charge in [0.15, 0.2) is 0 Å². The maximum atomic E-state index is 12.2. The lowest BCUT2D eigenvalue weighted by atomic mass is 10.1. The van der Waals surface area contributed by atoms with E-state index in [0.717, 1.165) is 22.5 Å². The zero-order valence-corrected chi connectivity index (χ0v) is 16.4. The molecule has 6 nitrogen and oxygen atoms in total. The predicted octanol–water partition coefficient (Wildman–Crippen LogP) is 2.81. The molecule has 0 radical (unpaired) electrons. The van der Waals surface area contributed by atoms with E-state index in [1.54, 1.807) is 11.9 Å². The lowest BCUT2D eigenvalue weighted by molar-refractivity contribution is -0.129. The van der Waals surface area contributed by atoms with Gasteiger partial charge in [0.25, 0.3) is 0 Å². The maximum Gasteiger partial charge on any atom is 0.307 e. The molecule has 2 aromatic carbocycles. The number of H-pyrrole nitrogens is 1. The fourth-order valence-corrected chi connectivity index (χ4v) is 3.45. The number of thiazole rings is 1. The highest BCUT2D eigenvalue weighted by atomic mass is 32.1. The van der Waals surface area contributed by atoms with Crippen molar-refractivity contribution in [2.24, 2.45) is 0 Å². The summed E-state index contributed by atoms with van der Waals surface area (Å²) in [6, 6.07) is 17.1. The molecule has 0 saturated carbocycles. The largest absolute Gasteiger partial charge is 0.494 e. The Morgan fingerprint density at radius 1 is 1.11 bits per heavy atom. The number of carbonyl (C=O) groups excluding carboxylic acids is 1. The Labute approximate surface area is 167 Å². The summed E-state index contributed by atoms with van der Waals surface area (Å²) >= 11 is 1.00. The van der Waals surface area contributed by atoms with Crippen LogP contribution in [0.2, 0.25) is 0 Å².